The molecule has 1 fully saturated rings. The number of piperazine rings is 1. The van der Waals surface area contributed by atoms with Crippen LogP contribution in [0.25, 0.3) is 11.1 Å². The molecule has 2 nitrogen and oxygen atoms in total. The summed E-state index contributed by atoms with van der Waals surface area (Å²) in [5.74, 6) is -0.336. The Hall–Kier alpha value is -2.20. The van der Waals surface area contributed by atoms with Crippen LogP contribution in [0.1, 0.15) is 22.7 Å². The fourth-order valence-corrected chi connectivity index (χ4v) is 4.72. The van der Waals surface area contributed by atoms with E-state index >= 15 is 0 Å². The summed E-state index contributed by atoms with van der Waals surface area (Å²) in [6, 6.07) is 23.0. The van der Waals surface area contributed by atoms with Gasteiger partial charge >= 0.3 is 0 Å². The van der Waals surface area contributed by atoms with Crippen molar-refractivity contribution < 1.29 is 4.39 Å². The van der Waals surface area contributed by atoms with E-state index in [0.29, 0.717) is 6.04 Å². The molecule has 5 rings (SSSR count). The van der Waals surface area contributed by atoms with Gasteiger partial charge in [-0.1, -0.05) is 66.2 Å². The van der Waals surface area contributed by atoms with Crippen LogP contribution in [-0.2, 0) is 6.54 Å². The van der Waals surface area contributed by atoms with Gasteiger partial charge in [0.1, 0.15) is 5.82 Å². The van der Waals surface area contributed by atoms with Crippen molar-refractivity contribution in [3.05, 3.63) is 94.3 Å². The van der Waals surface area contributed by atoms with Crippen molar-refractivity contribution >= 4 is 11.6 Å². The number of benzene rings is 3. The standard InChI is InChI=1S/C24H22ClFN2/c25-22-10-9-17(15-23(22)26)16-27-11-13-28(14-12-27)24-20-7-3-1-5-18(20)19-6-2-4-8-21(19)24/h1-10,15,24H,11-14,16H2. The van der Waals surface area contributed by atoms with Gasteiger partial charge in [-0.15, -0.1) is 0 Å². The normalized spacial score (nSPS) is 17.5. The second kappa shape index (κ2) is 7.32. The predicted molar refractivity (Wildman–Crippen MR) is 112 cm³/mol. The number of fused-ring (bicyclic) bond motifs is 3. The lowest BCUT2D eigenvalue weighted by Gasteiger charge is -2.38. The highest BCUT2D eigenvalue weighted by Gasteiger charge is 2.34. The summed E-state index contributed by atoms with van der Waals surface area (Å²) in [6.07, 6.45) is 0. The lowest BCUT2D eigenvalue weighted by Crippen LogP contribution is -2.47. The molecule has 142 valence electrons. The number of nitrogens with zero attached hydrogens (tertiary/aromatic N) is 2. The molecule has 0 saturated carbocycles. The molecule has 0 radical (unpaired) electrons. The van der Waals surface area contributed by atoms with Gasteiger partial charge in [-0.3, -0.25) is 9.80 Å². The van der Waals surface area contributed by atoms with E-state index in [2.05, 4.69) is 58.3 Å². The molecule has 0 aromatic heterocycles. The van der Waals surface area contributed by atoms with Crippen molar-refractivity contribution in [3.63, 3.8) is 0 Å². The molecule has 2 aliphatic rings. The maximum Gasteiger partial charge on any atom is 0.142 e. The monoisotopic (exact) mass is 392 g/mol. The Morgan fingerprint density at radius 1 is 0.821 bits per heavy atom. The number of halogens is 2. The van der Waals surface area contributed by atoms with Gasteiger partial charge in [0.2, 0.25) is 0 Å². The highest BCUT2D eigenvalue weighted by Crippen LogP contribution is 2.46. The van der Waals surface area contributed by atoms with Crippen molar-refractivity contribution in [3.8, 4) is 11.1 Å². The molecule has 1 aliphatic heterocycles. The Labute approximate surface area is 170 Å². The van der Waals surface area contributed by atoms with Crippen molar-refractivity contribution in [1.29, 1.82) is 0 Å². The maximum atomic E-state index is 13.7. The molecule has 3 aromatic carbocycles. The summed E-state index contributed by atoms with van der Waals surface area (Å²) in [4.78, 5) is 4.98. The average Bonchev–Trinajstić information content (AvgIpc) is 3.06. The zero-order valence-corrected chi connectivity index (χ0v) is 16.4. The van der Waals surface area contributed by atoms with Crippen LogP contribution in [0.15, 0.2) is 66.7 Å². The highest BCUT2D eigenvalue weighted by molar-refractivity contribution is 6.30. The van der Waals surface area contributed by atoms with Crippen LogP contribution in [-0.4, -0.2) is 36.0 Å². The van der Waals surface area contributed by atoms with Crippen molar-refractivity contribution in [2.75, 3.05) is 26.2 Å². The topological polar surface area (TPSA) is 6.48 Å². The Morgan fingerprint density at radius 2 is 1.43 bits per heavy atom. The van der Waals surface area contributed by atoms with E-state index in [-0.39, 0.29) is 10.8 Å². The molecule has 0 amide bonds. The van der Waals surface area contributed by atoms with Crippen LogP contribution in [0.3, 0.4) is 0 Å². The van der Waals surface area contributed by atoms with Crippen LogP contribution in [0.5, 0.6) is 0 Å². The SMILES string of the molecule is Fc1cc(CN2CCN(C3c4ccccc4-c4ccccc43)CC2)ccc1Cl. The Bertz CT molecular complexity index is 965. The molecule has 0 N–H and O–H groups in total. The molecule has 28 heavy (non-hydrogen) atoms. The van der Waals surface area contributed by atoms with Crippen molar-refractivity contribution in [2.24, 2.45) is 0 Å². The van der Waals surface area contributed by atoms with E-state index in [1.165, 1.54) is 22.3 Å². The summed E-state index contributed by atoms with van der Waals surface area (Å²) in [6.45, 7) is 4.72. The van der Waals surface area contributed by atoms with E-state index in [4.69, 9.17) is 11.6 Å². The first-order valence-electron chi connectivity index (χ1n) is 9.79. The number of rotatable bonds is 3. The van der Waals surface area contributed by atoms with Crippen LogP contribution in [0.4, 0.5) is 4.39 Å². The first-order valence-corrected chi connectivity index (χ1v) is 10.2. The molecular weight excluding hydrogens is 371 g/mol. The fourth-order valence-electron chi connectivity index (χ4n) is 4.60. The molecule has 3 aromatic rings. The maximum absolute atomic E-state index is 13.7. The molecule has 0 atom stereocenters. The van der Waals surface area contributed by atoms with Crippen LogP contribution >= 0.6 is 11.6 Å². The Kier molecular flexibility index (Phi) is 4.67. The number of hydrogen-bond donors (Lipinski definition) is 0. The minimum absolute atomic E-state index is 0.187. The predicted octanol–water partition coefficient (Wildman–Crippen LogP) is 5.37. The minimum atomic E-state index is -0.336. The second-order valence-corrected chi connectivity index (χ2v) is 8.04. The third-order valence-electron chi connectivity index (χ3n) is 5.96. The van der Waals surface area contributed by atoms with Crippen molar-refractivity contribution in [1.82, 2.24) is 9.80 Å². The molecule has 1 saturated heterocycles. The van der Waals surface area contributed by atoms with E-state index in [1.54, 1.807) is 12.1 Å². The van der Waals surface area contributed by atoms with Gasteiger partial charge in [0, 0.05) is 32.7 Å². The minimum Gasteiger partial charge on any atom is -0.297 e. The van der Waals surface area contributed by atoms with E-state index in [1.807, 2.05) is 6.07 Å². The van der Waals surface area contributed by atoms with Gasteiger partial charge in [-0.2, -0.15) is 0 Å². The third-order valence-corrected chi connectivity index (χ3v) is 6.27. The molecular formula is C24H22ClFN2. The van der Waals surface area contributed by atoms with Gasteiger partial charge in [0.05, 0.1) is 11.1 Å². The smallest absolute Gasteiger partial charge is 0.142 e. The van der Waals surface area contributed by atoms with Gasteiger partial charge in [-0.25, -0.2) is 4.39 Å². The van der Waals surface area contributed by atoms with E-state index in [0.717, 1.165) is 38.3 Å². The first-order chi connectivity index (χ1) is 13.7. The quantitative estimate of drug-likeness (QED) is 0.591. The summed E-state index contributed by atoms with van der Waals surface area (Å²) < 4.78 is 13.7. The van der Waals surface area contributed by atoms with Gasteiger partial charge < -0.3 is 0 Å². The average molecular weight is 393 g/mol. The highest BCUT2D eigenvalue weighted by atomic mass is 35.5. The molecule has 0 spiro atoms. The molecule has 1 heterocycles. The van der Waals surface area contributed by atoms with Gasteiger partial charge in [0.15, 0.2) is 0 Å². The lowest BCUT2D eigenvalue weighted by molar-refractivity contribution is 0.106. The lowest BCUT2D eigenvalue weighted by atomic mass is 10.0. The van der Waals surface area contributed by atoms with E-state index < -0.39 is 0 Å². The Morgan fingerprint density at radius 3 is 2.04 bits per heavy atom. The van der Waals surface area contributed by atoms with Crippen LogP contribution < -0.4 is 0 Å². The molecule has 4 heteroatoms. The van der Waals surface area contributed by atoms with Gasteiger partial charge in [0.25, 0.3) is 0 Å². The van der Waals surface area contributed by atoms with Gasteiger partial charge in [-0.05, 0) is 39.9 Å². The molecule has 0 bridgehead atoms. The first kappa shape index (κ1) is 17.9. The molecule has 0 unspecified atom stereocenters. The third kappa shape index (κ3) is 3.14. The van der Waals surface area contributed by atoms with Crippen LogP contribution in [0.2, 0.25) is 5.02 Å². The van der Waals surface area contributed by atoms with Crippen molar-refractivity contribution in [2.45, 2.75) is 12.6 Å². The van der Waals surface area contributed by atoms with E-state index in [9.17, 15) is 4.39 Å². The zero-order valence-electron chi connectivity index (χ0n) is 15.6. The molecule has 1 aliphatic carbocycles. The Balaban J connectivity index is 1.32. The summed E-state index contributed by atoms with van der Waals surface area (Å²) in [7, 11) is 0. The summed E-state index contributed by atoms with van der Waals surface area (Å²) in [5, 5.41) is 0.187. The second-order valence-electron chi connectivity index (χ2n) is 7.64. The largest absolute Gasteiger partial charge is 0.297 e. The summed E-state index contributed by atoms with van der Waals surface area (Å²) in [5.41, 5.74) is 6.53. The zero-order chi connectivity index (χ0) is 19.1. The summed E-state index contributed by atoms with van der Waals surface area (Å²) >= 11 is 5.80. The number of hydrogen-bond acceptors (Lipinski definition) is 2. The van der Waals surface area contributed by atoms with Crippen LogP contribution in [0, 0.1) is 5.82 Å². The fraction of sp³-hybridized carbons (Fsp3) is 0.250.